The molecule has 0 bridgehead atoms. The minimum Gasteiger partial charge on any atom is -0.460 e. The Kier molecular flexibility index (Phi) is 6.07. The van der Waals surface area contributed by atoms with Crippen LogP contribution in [-0.4, -0.2) is 37.2 Å². The van der Waals surface area contributed by atoms with Crippen molar-refractivity contribution < 1.29 is 14.3 Å². The van der Waals surface area contributed by atoms with Gasteiger partial charge in [-0.3, -0.25) is 0 Å². The third-order valence-corrected chi connectivity index (χ3v) is 3.16. The zero-order valence-corrected chi connectivity index (χ0v) is 12.1. The zero-order chi connectivity index (χ0) is 13.5. The molecule has 5 nitrogen and oxygen atoms in total. The van der Waals surface area contributed by atoms with Crippen molar-refractivity contribution in [2.24, 2.45) is 5.92 Å². The van der Waals surface area contributed by atoms with E-state index in [9.17, 15) is 4.79 Å². The maximum Gasteiger partial charge on any atom is 0.343 e. The third-order valence-electron chi connectivity index (χ3n) is 2.21. The normalized spacial score (nSPS) is 10.7. The zero-order valence-electron chi connectivity index (χ0n) is 11.3. The maximum atomic E-state index is 11.9. The standard InChI is InChI=1S/C12H20N2O3S/c1-8(2)7-16-5-6-17-12(15)10-9(3)14-18-11(10)13-4/h8,13H,5-7H2,1-4H3. The Bertz CT molecular complexity index is 391. The molecule has 0 saturated carbocycles. The van der Waals surface area contributed by atoms with Crippen LogP contribution >= 0.6 is 11.5 Å². The lowest BCUT2D eigenvalue weighted by Gasteiger charge is -2.08. The molecule has 0 aromatic carbocycles. The number of nitrogens with zero attached hydrogens (tertiary/aromatic N) is 1. The van der Waals surface area contributed by atoms with Crippen molar-refractivity contribution in [2.75, 3.05) is 32.2 Å². The van der Waals surface area contributed by atoms with Crippen LogP contribution in [0, 0.1) is 12.8 Å². The molecule has 0 aliphatic rings. The first-order valence-corrected chi connectivity index (χ1v) is 6.72. The summed E-state index contributed by atoms with van der Waals surface area (Å²) in [5.41, 5.74) is 1.21. The third kappa shape index (κ3) is 4.27. The van der Waals surface area contributed by atoms with Gasteiger partial charge in [0.25, 0.3) is 0 Å². The summed E-state index contributed by atoms with van der Waals surface area (Å²) in [6.07, 6.45) is 0. The van der Waals surface area contributed by atoms with E-state index in [1.165, 1.54) is 11.5 Å². The SMILES string of the molecule is CNc1snc(C)c1C(=O)OCCOCC(C)C. The highest BCUT2D eigenvalue weighted by Crippen LogP contribution is 2.24. The molecule has 0 amide bonds. The molecule has 1 aromatic heterocycles. The Morgan fingerprint density at radius 1 is 1.44 bits per heavy atom. The van der Waals surface area contributed by atoms with Gasteiger partial charge in [-0.15, -0.1) is 0 Å². The number of rotatable bonds is 7. The highest BCUT2D eigenvalue weighted by Gasteiger charge is 2.18. The molecule has 0 unspecified atom stereocenters. The van der Waals surface area contributed by atoms with Gasteiger partial charge in [0.1, 0.15) is 17.2 Å². The largest absolute Gasteiger partial charge is 0.460 e. The van der Waals surface area contributed by atoms with Crippen LogP contribution in [-0.2, 0) is 9.47 Å². The topological polar surface area (TPSA) is 60.5 Å². The number of esters is 1. The fraction of sp³-hybridized carbons (Fsp3) is 0.667. The van der Waals surface area contributed by atoms with E-state index >= 15 is 0 Å². The molecular weight excluding hydrogens is 252 g/mol. The number of carbonyl (C=O) groups excluding carboxylic acids is 1. The average molecular weight is 272 g/mol. The maximum absolute atomic E-state index is 11.9. The van der Waals surface area contributed by atoms with Gasteiger partial charge >= 0.3 is 5.97 Å². The van der Waals surface area contributed by atoms with Gasteiger partial charge in [-0.05, 0) is 24.4 Å². The number of carbonyl (C=O) groups is 1. The highest BCUT2D eigenvalue weighted by molar-refractivity contribution is 7.10. The Morgan fingerprint density at radius 2 is 2.17 bits per heavy atom. The molecular formula is C12H20N2O3S. The van der Waals surface area contributed by atoms with Crippen molar-refractivity contribution in [1.29, 1.82) is 0 Å². The minimum atomic E-state index is -0.348. The lowest BCUT2D eigenvalue weighted by Crippen LogP contribution is -2.14. The molecule has 18 heavy (non-hydrogen) atoms. The van der Waals surface area contributed by atoms with Crippen molar-refractivity contribution in [3.8, 4) is 0 Å². The van der Waals surface area contributed by atoms with E-state index in [4.69, 9.17) is 9.47 Å². The first-order chi connectivity index (χ1) is 8.56. The second-order valence-electron chi connectivity index (χ2n) is 4.33. The number of anilines is 1. The van der Waals surface area contributed by atoms with Crippen LogP contribution < -0.4 is 5.32 Å². The quantitative estimate of drug-likeness (QED) is 0.609. The van der Waals surface area contributed by atoms with Gasteiger partial charge in [0.15, 0.2) is 0 Å². The summed E-state index contributed by atoms with van der Waals surface area (Å²) < 4.78 is 14.6. The Balaban J connectivity index is 2.38. The Labute approximate surface area is 112 Å². The van der Waals surface area contributed by atoms with Crippen LogP contribution in [0.15, 0.2) is 0 Å². The highest BCUT2D eigenvalue weighted by atomic mass is 32.1. The summed E-state index contributed by atoms with van der Waals surface area (Å²) in [7, 11) is 1.76. The molecule has 102 valence electrons. The first kappa shape index (κ1) is 14.9. The Morgan fingerprint density at radius 3 is 2.78 bits per heavy atom. The van der Waals surface area contributed by atoms with E-state index in [-0.39, 0.29) is 12.6 Å². The summed E-state index contributed by atoms with van der Waals surface area (Å²) in [4.78, 5) is 11.9. The van der Waals surface area contributed by atoms with Gasteiger partial charge in [-0.2, -0.15) is 4.37 Å². The second kappa shape index (κ2) is 7.33. The van der Waals surface area contributed by atoms with Crippen LogP contribution in [0.3, 0.4) is 0 Å². The molecule has 6 heteroatoms. The van der Waals surface area contributed by atoms with Crippen LogP contribution in [0.4, 0.5) is 5.00 Å². The summed E-state index contributed by atoms with van der Waals surface area (Å²) >= 11 is 1.26. The number of ether oxygens (including phenoxy) is 2. The van der Waals surface area contributed by atoms with E-state index in [0.717, 1.165) is 5.00 Å². The summed E-state index contributed by atoms with van der Waals surface area (Å²) in [6, 6.07) is 0. The molecule has 0 fully saturated rings. The van der Waals surface area contributed by atoms with Gasteiger partial charge in [-0.1, -0.05) is 13.8 Å². The Hall–Kier alpha value is -1.14. The van der Waals surface area contributed by atoms with Crippen molar-refractivity contribution in [1.82, 2.24) is 4.37 Å². The lowest BCUT2D eigenvalue weighted by molar-refractivity contribution is 0.0278. The second-order valence-corrected chi connectivity index (χ2v) is 5.10. The minimum absolute atomic E-state index is 0.268. The molecule has 0 aliphatic carbocycles. The van der Waals surface area contributed by atoms with Crippen molar-refractivity contribution in [3.63, 3.8) is 0 Å². The molecule has 0 atom stereocenters. The van der Waals surface area contributed by atoms with Crippen molar-refractivity contribution >= 4 is 22.5 Å². The van der Waals surface area contributed by atoms with Gasteiger partial charge in [0.2, 0.25) is 0 Å². The number of hydrogen-bond acceptors (Lipinski definition) is 6. The summed E-state index contributed by atoms with van der Waals surface area (Å²) in [5.74, 6) is 0.138. The van der Waals surface area contributed by atoms with E-state index in [2.05, 4.69) is 23.5 Å². The summed E-state index contributed by atoms with van der Waals surface area (Å²) in [5, 5.41) is 3.67. The van der Waals surface area contributed by atoms with Gasteiger partial charge in [-0.25, -0.2) is 4.79 Å². The van der Waals surface area contributed by atoms with E-state index in [1.807, 2.05) is 0 Å². The van der Waals surface area contributed by atoms with E-state index in [1.54, 1.807) is 14.0 Å². The number of hydrogen-bond donors (Lipinski definition) is 1. The average Bonchev–Trinajstić information content (AvgIpc) is 2.69. The van der Waals surface area contributed by atoms with E-state index < -0.39 is 0 Å². The van der Waals surface area contributed by atoms with Gasteiger partial charge in [0, 0.05) is 13.7 Å². The fourth-order valence-electron chi connectivity index (χ4n) is 1.37. The number of aryl methyl sites for hydroxylation is 1. The molecule has 0 radical (unpaired) electrons. The molecule has 1 aromatic rings. The molecule has 1 heterocycles. The number of nitrogens with one attached hydrogen (secondary N) is 1. The van der Waals surface area contributed by atoms with Gasteiger partial charge < -0.3 is 14.8 Å². The summed E-state index contributed by atoms with van der Waals surface area (Å²) in [6.45, 7) is 7.32. The van der Waals surface area contributed by atoms with Gasteiger partial charge in [0.05, 0.1) is 12.3 Å². The first-order valence-electron chi connectivity index (χ1n) is 5.95. The fourth-order valence-corrected chi connectivity index (χ4v) is 2.10. The smallest absolute Gasteiger partial charge is 0.343 e. The predicted octanol–water partition coefficient (Wildman–Crippen LogP) is 2.32. The molecule has 1 rings (SSSR count). The van der Waals surface area contributed by atoms with Crippen molar-refractivity contribution in [2.45, 2.75) is 20.8 Å². The molecule has 0 spiro atoms. The van der Waals surface area contributed by atoms with Crippen LogP contribution in [0.1, 0.15) is 29.9 Å². The molecule has 1 N–H and O–H groups in total. The monoisotopic (exact) mass is 272 g/mol. The number of aromatic nitrogens is 1. The predicted molar refractivity (Wildman–Crippen MR) is 72.3 cm³/mol. The van der Waals surface area contributed by atoms with Crippen LogP contribution in [0.25, 0.3) is 0 Å². The lowest BCUT2D eigenvalue weighted by atomic mass is 10.2. The van der Waals surface area contributed by atoms with E-state index in [0.29, 0.717) is 30.4 Å². The van der Waals surface area contributed by atoms with Crippen molar-refractivity contribution in [3.05, 3.63) is 11.3 Å². The van der Waals surface area contributed by atoms with Crippen LogP contribution in [0.5, 0.6) is 0 Å². The molecule has 0 aliphatic heterocycles. The molecule has 0 saturated heterocycles. The van der Waals surface area contributed by atoms with Crippen LogP contribution in [0.2, 0.25) is 0 Å².